The molecule has 5 rings (SSSR count). The summed E-state index contributed by atoms with van der Waals surface area (Å²) in [6.07, 6.45) is -4.54. The Labute approximate surface area is 198 Å². The van der Waals surface area contributed by atoms with E-state index in [0.717, 1.165) is 28.5 Å². The molecule has 1 amide bonds. The van der Waals surface area contributed by atoms with Crippen LogP contribution >= 0.6 is 0 Å². The first-order chi connectivity index (χ1) is 16.8. The van der Waals surface area contributed by atoms with Gasteiger partial charge in [-0.2, -0.15) is 13.2 Å². The number of aromatic nitrogens is 2. The van der Waals surface area contributed by atoms with Crippen LogP contribution in [0.4, 0.5) is 18.9 Å². The molecule has 0 aliphatic carbocycles. The van der Waals surface area contributed by atoms with Crippen LogP contribution in [0.2, 0.25) is 0 Å². The fourth-order valence-electron chi connectivity index (χ4n) is 3.92. The quantitative estimate of drug-likeness (QED) is 0.301. The number of fused-ring (bicyclic) bond motifs is 2. The number of anilines is 1. The Bertz CT molecular complexity index is 1580. The second kappa shape index (κ2) is 8.72. The molecule has 1 aromatic heterocycles. The van der Waals surface area contributed by atoms with Crippen LogP contribution < -0.4 is 10.1 Å². The molecule has 0 fully saturated rings. The largest absolute Gasteiger partial charge is 0.437 e. The number of nitrogens with zero attached hydrogens (tertiary/aromatic N) is 2. The molecule has 0 aliphatic heterocycles. The van der Waals surface area contributed by atoms with Gasteiger partial charge in [-0.3, -0.25) is 4.79 Å². The van der Waals surface area contributed by atoms with Crippen molar-refractivity contribution < 1.29 is 22.7 Å². The molecule has 0 radical (unpaired) electrons. The highest BCUT2D eigenvalue weighted by Crippen LogP contribution is 2.34. The number of hydrogen-bond donors (Lipinski definition) is 1. The standard InChI is InChI=1S/C27H18F3N3O2/c1-16-13-14-22(20-10-3-2-9-19(16)20)31-25(34)24-21-11-4-5-12-23(21)32-33-26(24)35-18-8-6-7-17(15-18)27(28,29)30/h2-15H,1H3,(H,31,34). The zero-order chi connectivity index (χ0) is 24.6. The number of amides is 1. The van der Waals surface area contributed by atoms with Crippen molar-refractivity contribution in [3.63, 3.8) is 0 Å². The number of alkyl halides is 3. The van der Waals surface area contributed by atoms with Gasteiger partial charge in [-0.15, -0.1) is 10.2 Å². The molecule has 5 aromatic rings. The van der Waals surface area contributed by atoms with Crippen molar-refractivity contribution in [3.8, 4) is 11.6 Å². The van der Waals surface area contributed by atoms with Crippen molar-refractivity contribution >= 4 is 33.3 Å². The SMILES string of the molecule is Cc1ccc(NC(=O)c2c(Oc3cccc(C(F)(F)F)c3)nnc3ccccc23)c2ccccc12. The number of halogens is 3. The molecule has 0 atom stereocenters. The van der Waals surface area contributed by atoms with Crippen molar-refractivity contribution in [3.05, 3.63) is 102 Å². The van der Waals surface area contributed by atoms with Crippen LogP contribution in [0.5, 0.6) is 11.6 Å². The number of benzene rings is 4. The summed E-state index contributed by atoms with van der Waals surface area (Å²) >= 11 is 0. The molecule has 5 nitrogen and oxygen atoms in total. The second-order valence-corrected chi connectivity index (χ2v) is 7.95. The maximum Gasteiger partial charge on any atom is 0.416 e. The average Bonchev–Trinajstić information content (AvgIpc) is 2.85. The molecule has 1 heterocycles. The first kappa shape index (κ1) is 22.3. The predicted octanol–water partition coefficient (Wildman–Crippen LogP) is 7.15. The maximum atomic E-state index is 13.6. The summed E-state index contributed by atoms with van der Waals surface area (Å²) in [4.78, 5) is 13.6. The topological polar surface area (TPSA) is 64.1 Å². The Balaban J connectivity index is 1.59. The highest BCUT2D eigenvalue weighted by atomic mass is 19.4. The van der Waals surface area contributed by atoms with Crippen molar-refractivity contribution in [1.82, 2.24) is 10.2 Å². The second-order valence-electron chi connectivity index (χ2n) is 7.95. The molecule has 0 spiro atoms. The third-order valence-electron chi connectivity index (χ3n) is 5.63. The summed E-state index contributed by atoms with van der Waals surface area (Å²) < 4.78 is 45.2. The number of hydrogen-bond acceptors (Lipinski definition) is 4. The van der Waals surface area contributed by atoms with Gasteiger partial charge in [0.25, 0.3) is 11.8 Å². The van der Waals surface area contributed by atoms with Crippen LogP contribution in [0.1, 0.15) is 21.5 Å². The van der Waals surface area contributed by atoms with E-state index in [1.807, 2.05) is 37.3 Å². The number of aryl methyl sites for hydroxylation is 1. The lowest BCUT2D eigenvalue weighted by atomic mass is 10.0. The lowest BCUT2D eigenvalue weighted by molar-refractivity contribution is -0.137. The van der Waals surface area contributed by atoms with E-state index in [2.05, 4.69) is 15.5 Å². The third kappa shape index (κ3) is 4.38. The molecule has 0 unspecified atom stereocenters. The normalized spacial score (nSPS) is 11.5. The van der Waals surface area contributed by atoms with E-state index in [0.29, 0.717) is 16.6 Å². The van der Waals surface area contributed by atoms with Gasteiger partial charge in [0.2, 0.25) is 0 Å². The number of carbonyl (C=O) groups is 1. The summed E-state index contributed by atoms with van der Waals surface area (Å²) in [5.41, 5.74) is 1.28. The summed E-state index contributed by atoms with van der Waals surface area (Å²) in [7, 11) is 0. The Morgan fingerprint density at radius 3 is 2.31 bits per heavy atom. The van der Waals surface area contributed by atoms with E-state index < -0.39 is 17.6 Å². The Hall–Kier alpha value is -4.46. The third-order valence-corrected chi connectivity index (χ3v) is 5.63. The molecule has 4 aromatic carbocycles. The molecule has 1 N–H and O–H groups in total. The Morgan fingerprint density at radius 1 is 0.829 bits per heavy atom. The summed E-state index contributed by atoms with van der Waals surface area (Å²) in [6, 6.07) is 22.6. The molecular weight excluding hydrogens is 455 g/mol. The fourth-order valence-corrected chi connectivity index (χ4v) is 3.92. The van der Waals surface area contributed by atoms with Gasteiger partial charge in [0.05, 0.1) is 11.1 Å². The minimum Gasteiger partial charge on any atom is -0.437 e. The van der Waals surface area contributed by atoms with E-state index in [9.17, 15) is 18.0 Å². The lowest BCUT2D eigenvalue weighted by Gasteiger charge is -2.15. The van der Waals surface area contributed by atoms with Gasteiger partial charge in [0.15, 0.2) is 0 Å². The summed E-state index contributed by atoms with van der Waals surface area (Å²) in [6.45, 7) is 1.98. The van der Waals surface area contributed by atoms with Crippen molar-refractivity contribution in [2.24, 2.45) is 0 Å². The minimum atomic E-state index is -4.54. The summed E-state index contributed by atoms with van der Waals surface area (Å²) in [5, 5.41) is 13.3. The van der Waals surface area contributed by atoms with E-state index in [-0.39, 0.29) is 17.2 Å². The molecule has 174 valence electrons. The van der Waals surface area contributed by atoms with Crippen molar-refractivity contribution in [2.75, 3.05) is 5.32 Å². The van der Waals surface area contributed by atoms with Gasteiger partial charge in [0.1, 0.15) is 11.3 Å². The lowest BCUT2D eigenvalue weighted by Crippen LogP contribution is -2.15. The first-order valence-corrected chi connectivity index (χ1v) is 10.7. The highest BCUT2D eigenvalue weighted by molar-refractivity contribution is 6.16. The van der Waals surface area contributed by atoms with E-state index >= 15 is 0 Å². The zero-order valence-corrected chi connectivity index (χ0v) is 18.4. The number of nitrogens with one attached hydrogen (secondary N) is 1. The molecule has 0 saturated carbocycles. The fraction of sp³-hybridized carbons (Fsp3) is 0.0741. The van der Waals surface area contributed by atoms with Crippen LogP contribution in [0.15, 0.2) is 84.9 Å². The molecule has 35 heavy (non-hydrogen) atoms. The Morgan fingerprint density at radius 2 is 1.54 bits per heavy atom. The van der Waals surface area contributed by atoms with Crippen LogP contribution in [0.25, 0.3) is 21.7 Å². The molecule has 0 bridgehead atoms. The smallest absolute Gasteiger partial charge is 0.416 e. The van der Waals surface area contributed by atoms with Gasteiger partial charge in [-0.1, -0.05) is 54.6 Å². The number of rotatable bonds is 4. The van der Waals surface area contributed by atoms with Gasteiger partial charge >= 0.3 is 6.18 Å². The zero-order valence-electron chi connectivity index (χ0n) is 18.4. The molecule has 0 saturated heterocycles. The summed E-state index contributed by atoms with van der Waals surface area (Å²) in [5.74, 6) is -0.830. The van der Waals surface area contributed by atoms with Crippen molar-refractivity contribution in [2.45, 2.75) is 13.1 Å². The molecule has 0 aliphatic rings. The van der Waals surface area contributed by atoms with Crippen LogP contribution in [0.3, 0.4) is 0 Å². The van der Waals surface area contributed by atoms with Crippen molar-refractivity contribution in [1.29, 1.82) is 0 Å². The maximum absolute atomic E-state index is 13.6. The minimum absolute atomic E-state index is 0.0673. The first-order valence-electron chi connectivity index (χ1n) is 10.7. The van der Waals surface area contributed by atoms with Gasteiger partial charge < -0.3 is 10.1 Å². The average molecular weight is 473 g/mol. The van der Waals surface area contributed by atoms with Gasteiger partial charge in [-0.05, 0) is 48.2 Å². The molecule has 8 heteroatoms. The van der Waals surface area contributed by atoms with Crippen LogP contribution in [-0.4, -0.2) is 16.1 Å². The van der Waals surface area contributed by atoms with Gasteiger partial charge in [0, 0.05) is 16.5 Å². The van der Waals surface area contributed by atoms with Gasteiger partial charge in [-0.25, -0.2) is 0 Å². The Kier molecular flexibility index (Phi) is 5.56. The molecular formula is C27H18F3N3O2. The van der Waals surface area contributed by atoms with E-state index in [1.54, 1.807) is 30.3 Å². The van der Waals surface area contributed by atoms with E-state index in [4.69, 9.17) is 4.74 Å². The number of carbonyl (C=O) groups excluding carboxylic acids is 1. The monoisotopic (exact) mass is 473 g/mol. The highest BCUT2D eigenvalue weighted by Gasteiger charge is 2.31. The number of ether oxygens (including phenoxy) is 1. The predicted molar refractivity (Wildman–Crippen MR) is 128 cm³/mol. The van der Waals surface area contributed by atoms with Crippen LogP contribution in [-0.2, 0) is 6.18 Å². The van der Waals surface area contributed by atoms with E-state index in [1.165, 1.54) is 12.1 Å². The van der Waals surface area contributed by atoms with Crippen LogP contribution in [0, 0.1) is 6.92 Å².